The van der Waals surface area contributed by atoms with Crippen molar-refractivity contribution in [3.63, 3.8) is 0 Å². The molecule has 150 valence electrons. The molecule has 1 saturated heterocycles. The van der Waals surface area contributed by atoms with Crippen molar-refractivity contribution in [2.75, 3.05) is 6.61 Å². The third-order valence-electron chi connectivity index (χ3n) is 4.10. The first-order chi connectivity index (χ1) is 13.2. The number of phosphoric ester groups is 1. The summed E-state index contributed by atoms with van der Waals surface area (Å²) >= 11 is 0. The summed E-state index contributed by atoms with van der Waals surface area (Å²) in [6.45, 7) is -0.619. The maximum absolute atomic E-state index is 12.3. The van der Waals surface area contributed by atoms with Crippen LogP contribution in [0.25, 0.3) is 12.2 Å². The Kier molecular flexibility index (Phi) is 11.1. The summed E-state index contributed by atoms with van der Waals surface area (Å²) in [6, 6.07) is 10.3. The fraction of sp³-hybridized carbons (Fsp3) is 0.294. The van der Waals surface area contributed by atoms with E-state index in [9.17, 15) is 24.5 Å². The van der Waals surface area contributed by atoms with Crippen LogP contribution in [0.15, 0.2) is 41.2 Å². The number of ether oxygens (including phenoxy) is 1. The summed E-state index contributed by atoms with van der Waals surface area (Å²) in [6.07, 6.45) is -0.0705. The Morgan fingerprint density at radius 2 is 1.97 bits per heavy atom. The van der Waals surface area contributed by atoms with Crippen LogP contribution in [0.5, 0.6) is 5.88 Å². The number of aliphatic hydroxyl groups is 1. The van der Waals surface area contributed by atoms with E-state index in [1.165, 1.54) is 0 Å². The molecule has 2 aromatic rings. The molecule has 0 amide bonds. The van der Waals surface area contributed by atoms with Gasteiger partial charge >= 0.3 is 64.8 Å². The molecule has 0 bridgehead atoms. The number of aliphatic hydroxyl groups excluding tert-OH is 1. The molecule has 30 heavy (non-hydrogen) atoms. The van der Waals surface area contributed by atoms with Gasteiger partial charge in [-0.05, 0) is 23.6 Å². The molecule has 1 aliphatic heterocycles. The third-order valence-corrected chi connectivity index (χ3v) is 4.58. The van der Waals surface area contributed by atoms with Gasteiger partial charge in [0.1, 0.15) is 12.3 Å². The van der Waals surface area contributed by atoms with Gasteiger partial charge in [0.15, 0.2) is 0 Å². The summed E-state index contributed by atoms with van der Waals surface area (Å²) in [4.78, 5) is 35.0. The molecule has 2 N–H and O–H groups in total. The number of aromatic nitrogens is 2. The smallest absolute Gasteiger partial charge is 0.858 e. The van der Waals surface area contributed by atoms with Crippen molar-refractivity contribution in [2.24, 2.45) is 0 Å². The van der Waals surface area contributed by atoms with Gasteiger partial charge in [0, 0.05) is 12.1 Å². The Morgan fingerprint density at radius 1 is 1.30 bits per heavy atom. The maximum Gasteiger partial charge on any atom is 1.00 e. The number of hydrogen-bond acceptors (Lipinski definition) is 8. The second-order valence-electron chi connectivity index (χ2n) is 6.11. The van der Waals surface area contributed by atoms with E-state index in [1.807, 2.05) is 30.3 Å². The predicted octanol–water partition coefficient (Wildman–Crippen LogP) is -6.38. The van der Waals surface area contributed by atoms with E-state index in [0.29, 0.717) is 0 Å². The molecule has 1 fully saturated rings. The third kappa shape index (κ3) is 7.67. The first-order valence-electron chi connectivity index (χ1n) is 8.28. The molecule has 0 spiro atoms. The van der Waals surface area contributed by atoms with Crippen LogP contribution in [-0.4, -0.2) is 38.4 Å². The molecule has 1 aromatic carbocycles. The van der Waals surface area contributed by atoms with Gasteiger partial charge in [0.2, 0.25) is 0 Å². The standard InChI is InChI=1S/C17H19N2O8P.2Na/c20-13-9-16(27-14(13)10-26-28(23,24)25)19-12(8-15(21)18-17(19)22)7-6-11-4-2-1-3-5-11;;/h1-8,13-14,16,20H,9-10H2,(H,18,21,22)(H2,23,24,25);;/q;2*+1/p-2/b7-6+;;/t13-,14+,16+;;/m0../s1. The van der Waals surface area contributed by atoms with Crippen LogP contribution in [-0.2, 0) is 13.8 Å². The SMILES string of the molecule is O=c1nc([O-])cc(/C=C/c2ccccc2)n1[C@H]1C[C@H](O)[C@@H](COP(=O)([O-])O)O1.[Na+].[Na+]. The summed E-state index contributed by atoms with van der Waals surface area (Å²) < 4.78 is 21.6. The number of hydrogen-bond donors (Lipinski definition) is 2. The van der Waals surface area contributed by atoms with Crippen molar-refractivity contribution in [1.82, 2.24) is 9.55 Å². The van der Waals surface area contributed by atoms with Crippen LogP contribution in [0.3, 0.4) is 0 Å². The van der Waals surface area contributed by atoms with E-state index in [2.05, 4.69) is 9.51 Å². The number of phosphoric acid groups is 1. The zero-order valence-corrected chi connectivity index (χ0v) is 21.3. The zero-order chi connectivity index (χ0) is 20.3. The van der Waals surface area contributed by atoms with Crippen LogP contribution in [0.4, 0.5) is 0 Å². The molecule has 1 aliphatic rings. The predicted molar refractivity (Wildman–Crippen MR) is 93.6 cm³/mol. The van der Waals surface area contributed by atoms with Gasteiger partial charge in [-0.15, -0.1) is 0 Å². The molecule has 13 heteroatoms. The van der Waals surface area contributed by atoms with Gasteiger partial charge in [-0.25, -0.2) is 9.78 Å². The molecule has 1 aromatic heterocycles. The molecule has 3 rings (SSSR count). The molecule has 4 atom stereocenters. The second-order valence-corrected chi connectivity index (χ2v) is 7.31. The number of rotatable bonds is 6. The Morgan fingerprint density at radius 3 is 2.60 bits per heavy atom. The average molecular weight is 454 g/mol. The van der Waals surface area contributed by atoms with E-state index in [4.69, 9.17) is 9.63 Å². The number of nitrogens with zero attached hydrogens (tertiary/aromatic N) is 2. The number of benzene rings is 1. The molecule has 2 heterocycles. The van der Waals surface area contributed by atoms with Crippen molar-refractivity contribution in [3.05, 3.63) is 58.1 Å². The molecule has 10 nitrogen and oxygen atoms in total. The minimum absolute atomic E-state index is 0. The van der Waals surface area contributed by atoms with Crippen LogP contribution in [0.1, 0.15) is 23.9 Å². The summed E-state index contributed by atoms with van der Waals surface area (Å²) in [5.41, 5.74) is 0.179. The summed E-state index contributed by atoms with van der Waals surface area (Å²) in [5.74, 6) is -0.722. The van der Waals surface area contributed by atoms with Gasteiger partial charge in [-0.2, -0.15) is 0 Å². The van der Waals surface area contributed by atoms with Crippen molar-refractivity contribution in [2.45, 2.75) is 24.9 Å². The van der Waals surface area contributed by atoms with Gasteiger partial charge in [-0.1, -0.05) is 36.4 Å². The molecule has 0 radical (unpaired) electrons. The van der Waals surface area contributed by atoms with Gasteiger partial charge in [0.05, 0.1) is 12.7 Å². The van der Waals surface area contributed by atoms with Crippen molar-refractivity contribution in [1.29, 1.82) is 0 Å². The van der Waals surface area contributed by atoms with E-state index >= 15 is 0 Å². The van der Waals surface area contributed by atoms with Crippen LogP contribution < -0.4 is 74.8 Å². The quantitative estimate of drug-likeness (QED) is 0.320. The summed E-state index contributed by atoms with van der Waals surface area (Å²) in [5, 5.41) is 21.7. The minimum Gasteiger partial charge on any atom is -0.858 e. The molecule has 1 unspecified atom stereocenters. The summed E-state index contributed by atoms with van der Waals surface area (Å²) in [7, 11) is -4.98. The monoisotopic (exact) mass is 454 g/mol. The first-order valence-corrected chi connectivity index (χ1v) is 9.78. The van der Waals surface area contributed by atoms with E-state index in [1.54, 1.807) is 12.2 Å². The van der Waals surface area contributed by atoms with Crippen molar-refractivity contribution in [3.8, 4) is 5.88 Å². The van der Waals surface area contributed by atoms with Crippen LogP contribution in [0, 0.1) is 0 Å². The van der Waals surface area contributed by atoms with E-state index in [0.717, 1.165) is 16.2 Å². The normalized spacial score (nSPS) is 22.8. The molecule has 0 aliphatic carbocycles. The van der Waals surface area contributed by atoms with E-state index < -0.39 is 44.4 Å². The van der Waals surface area contributed by atoms with Gasteiger partial charge < -0.3 is 29.3 Å². The van der Waals surface area contributed by atoms with Crippen molar-refractivity contribution < 1.29 is 92.9 Å². The Balaban J connectivity index is 0.00000225. The molecular formula is C17H17N2Na2O8P. The zero-order valence-electron chi connectivity index (χ0n) is 16.5. The fourth-order valence-electron chi connectivity index (χ4n) is 2.84. The Bertz CT molecular complexity index is 966. The minimum atomic E-state index is -4.98. The molecular weight excluding hydrogens is 437 g/mol. The molecule has 0 saturated carbocycles. The van der Waals surface area contributed by atoms with Crippen LogP contribution >= 0.6 is 7.82 Å². The average Bonchev–Trinajstić information content (AvgIpc) is 2.98. The Labute approximate surface area is 216 Å². The van der Waals surface area contributed by atoms with E-state index in [-0.39, 0.29) is 71.2 Å². The first kappa shape index (κ1) is 27.7. The largest absolute Gasteiger partial charge is 1.00 e. The van der Waals surface area contributed by atoms with Gasteiger partial charge in [0.25, 0.3) is 7.82 Å². The topological polar surface area (TPSA) is 157 Å². The second kappa shape index (κ2) is 12.1. The fourth-order valence-corrected chi connectivity index (χ4v) is 3.18. The van der Waals surface area contributed by atoms with Crippen LogP contribution in [0.2, 0.25) is 0 Å². The Hall–Kier alpha value is -0.330. The maximum atomic E-state index is 12.3. The van der Waals surface area contributed by atoms with Crippen molar-refractivity contribution >= 4 is 20.0 Å². The van der Waals surface area contributed by atoms with Gasteiger partial charge in [-0.3, -0.25) is 9.13 Å².